The molecule has 6 heavy (non-hydrogen) atoms. The first kappa shape index (κ1) is 2.07. The zero-order chi connectivity index (χ0) is 7.33. The molecule has 2 heteroatoms. The van der Waals surface area contributed by atoms with Crippen molar-refractivity contribution < 1.29 is 8.91 Å². The molecule has 1 N–H and O–H groups in total. The van der Waals surface area contributed by atoms with Gasteiger partial charge in [-0.2, -0.15) is 0 Å². The van der Waals surface area contributed by atoms with Crippen LogP contribution in [0.5, 0.6) is 0 Å². The van der Waals surface area contributed by atoms with Crippen LogP contribution in [0.1, 0.15) is 10.5 Å². The molecule has 0 aromatic rings. The molecule has 0 atom stereocenters. The minimum atomic E-state index is -2.11. The molecule has 0 aromatic carbocycles. The monoisotopic (exact) mass is 90.1 g/mol. The van der Waals surface area contributed by atoms with E-state index in [0.717, 1.165) is 0 Å². The van der Waals surface area contributed by atoms with Crippen LogP contribution in [-0.4, -0.2) is 19.8 Å². The number of hydrogen-bond acceptors (Lipinski definition) is 2. The second-order valence-electron chi connectivity index (χ2n) is 0.882. The molecular formula is C4H9NO. The molecule has 0 saturated carbocycles. The predicted molar refractivity (Wildman–Crippen MR) is 24.6 cm³/mol. The van der Waals surface area contributed by atoms with Crippen LogP contribution in [-0.2, 0) is 4.79 Å². The summed E-state index contributed by atoms with van der Waals surface area (Å²) in [6.45, 7) is -1.89. The van der Waals surface area contributed by atoms with Crippen molar-refractivity contribution in [2.75, 3.05) is 13.5 Å². The van der Waals surface area contributed by atoms with Crippen LogP contribution in [0.2, 0.25) is 0 Å². The van der Waals surface area contributed by atoms with Gasteiger partial charge < -0.3 is 10.1 Å². The molecule has 0 rings (SSSR count). The summed E-state index contributed by atoms with van der Waals surface area (Å²) in [6, 6.07) is 0. The average molecular weight is 90.1 g/mol. The van der Waals surface area contributed by atoms with E-state index in [4.69, 9.17) is 4.11 Å². The van der Waals surface area contributed by atoms with Crippen molar-refractivity contribution in [3.8, 4) is 0 Å². The fourth-order valence-electron chi connectivity index (χ4n) is 0.131. The predicted octanol–water partition coefficient (Wildman–Crippen LogP) is -0.205. The molecule has 0 amide bonds. The van der Waals surface area contributed by atoms with E-state index < -0.39 is 6.98 Å². The highest BCUT2D eigenvalue weighted by atomic mass is 16.1. The van der Waals surface area contributed by atoms with E-state index >= 15 is 0 Å². The topological polar surface area (TPSA) is 29.1 Å². The molecule has 36 valence electrons. The fraction of sp³-hybridized carbons (Fsp3) is 0.750. The number of carbonyl (C=O) groups excluding carboxylic acids is 1. The van der Waals surface area contributed by atoms with E-state index in [1.54, 1.807) is 0 Å². The Morgan fingerprint density at radius 2 is 3.00 bits per heavy atom. The molecule has 0 aliphatic heterocycles. The Balaban J connectivity index is 3.17. The van der Waals surface area contributed by atoms with Gasteiger partial charge in [-0.05, 0) is 6.98 Å². The first-order valence-electron chi connectivity index (χ1n) is 3.25. The molecular weight excluding hydrogens is 78.0 g/mol. The van der Waals surface area contributed by atoms with Crippen LogP contribution in [0.25, 0.3) is 0 Å². The summed E-state index contributed by atoms with van der Waals surface area (Å²) in [4.78, 5) is 9.67. The summed E-state index contributed by atoms with van der Waals surface area (Å²) in [7, 11) is 0. The quantitative estimate of drug-likeness (QED) is 0.384. The van der Waals surface area contributed by atoms with Gasteiger partial charge in [0.2, 0.25) is 0 Å². The van der Waals surface area contributed by atoms with Gasteiger partial charge in [0.15, 0.2) is 0 Å². The Morgan fingerprint density at radius 1 is 2.17 bits per heavy atom. The summed E-state index contributed by atoms with van der Waals surface area (Å²) in [5.41, 5.74) is 0. The largest absolute Gasteiger partial charge is 0.319 e. The maximum atomic E-state index is 9.67. The highest BCUT2D eigenvalue weighted by molar-refractivity contribution is 5.49. The van der Waals surface area contributed by atoms with Gasteiger partial charge in [-0.3, -0.25) is 0 Å². The van der Waals surface area contributed by atoms with Crippen molar-refractivity contribution in [1.82, 2.24) is 5.32 Å². The maximum Gasteiger partial charge on any atom is 0.121 e. The highest BCUT2D eigenvalue weighted by Crippen LogP contribution is 1.59. The number of rotatable bonds is 3. The Labute approximate surface area is 41.8 Å². The van der Waals surface area contributed by atoms with Crippen molar-refractivity contribution in [2.24, 2.45) is 0 Å². The second-order valence-corrected chi connectivity index (χ2v) is 0.882. The van der Waals surface area contributed by atoms with Gasteiger partial charge in [0, 0.05) is 17.1 Å². The lowest BCUT2D eigenvalue weighted by molar-refractivity contribution is -0.107. The summed E-state index contributed by atoms with van der Waals surface area (Å²) >= 11 is 0. The van der Waals surface area contributed by atoms with Gasteiger partial charge in [-0.1, -0.05) is 0 Å². The third-order valence-corrected chi connectivity index (χ3v) is 0.387. The smallest absolute Gasteiger partial charge is 0.121 e. The SMILES string of the molecule is [2H]C([2H])([2H])NCCC=O. The molecule has 0 saturated heterocycles. The molecule has 0 radical (unpaired) electrons. The zero-order valence-electron chi connectivity index (χ0n) is 6.40. The van der Waals surface area contributed by atoms with Crippen LogP contribution < -0.4 is 5.32 Å². The molecule has 0 unspecified atom stereocenters. The molecule has 0 fully saturated rings. The lowest BCUT2D eigenvalue weighted by atomic mass is 10.5. The maximum absolute atomic E-state index is 9.67. The van der Waals surface area contributed by atoms with Crippen LogP contribution in [0, 0.1) is 0 Å². The van der Waals surface area contributed by atoms with Gasteiger partial charge in [0.05, 0.1) is 0 Å². The molecule has 0 bridgehead atoms. The molecule has 2 nitrogen and oxygen atoms in total. The lowest BCUT2D eigenvalue weighted by Gasteiger charge is -1.84. The first-order chi connectivity index (χ1) is 4.06. The molecule has 0 heterocycles. The van der Waals surface area contributed by atoms with Crippen LogP contribution in [0.4, 0.5) is 0 Å². The van der Waals surface area contributed by atoms with Gasteiger partial charge in [-0.15, -0.1) is 0 Å². The van der Waals surface area contributed by atoms with Gasteiger partial charge in [-0.25, -0.2) is 0 Å². The van der Waals surface area contributed by atoms with E-state index in [-0.39, 0.29) is 13.0 Å². The Bertz CT molecular complexity index is 90.3. The molecule has 0 spiro atoms. The summed E-state index contributed by atoms with van der Waals surface area (Å²) in [5, 5.41) is 2.19. The van der Waals surface area contributed by atoms with Crippen molar-refractivity contribution in [3.63, 3.8) is 0 Å². The van der Waals surface area contributed by atoms with Crippen molar-refractivity contribution in [1.29, 1.82) is 0 Å². The Kier molecular flexibility index (Phi) is 1.60. The van der Waals surface area contributed by atoms with Gasteiger partial charge in [0.1, 0.15) is 6.29 Å². The lowest BCUT2D eigenvalue weighted by Crippen LogP contribution is -2.07. The van der Waals surface area contributed by atoms with Gasteiger partial charge in [0.25, 0.3) is 0 Å². The normalized spacial score (nSPS) is 17.7. The van der Waals surface area contributed by atoms with E-state index in [2.05, 4.69) is 5.32 Å². The number of aldehydes is 1. The Morgan fingerprint density at radius 3 is 3.50 bits per heavy atom. The van der Waals surface area contributed by atoms with Crippen LogP contribution in [0.15, 0.2) is 0 Å². The summed E-state index contributed by atoms with van der Waals surface area (Å²) in [6.07, 6.45) is 0.928. The van der Waals surface area contributed by atoms with Crippen LogP contribution in [0.3, 0.4) is 0 Å². The molecule has 0 aliphatic carbocycles. The third kappa shape index (κ3) is 3.63. The second kappa shape index (κ2) is 4.63. The molecule has 0 aliphatic rings. The number of nitrogens with one attached hydrogen (secondary N) is 1. The zero-order valence-corrected chi connectivity index (χ0v) is 3.40. The average Bonchev–Trinajstić information content (AvgIpc) is 1.63. The van der Waals surface area contributed by atoms with Crippen LogP contribution >= 0.6 is 0 Å². The summed E-state index contributed by atoms with van der Waals surface area (Å²) < 4.78 is 19.8. The first-order valence-corrected chi connectivity index (χ1v) is 1.75. The summed E-state index contributed by atoms with van der Waals surface area (Å²) in [5.74, 6) is 0. The van der Waals surface area contributed by atoms with Crippen molar-refractivity contribution in [3.05, 3.63) is 0 Å². The number of carbonyl (C=O) groups is 1. The molecule has 0 aromatic heterocycles. The van der Waals surface area contributed by atoms with Crippen molar-refractivity contribution in [2.45, 2.75) is 6.42 Å². The minimum Gasteiger partial charge on any atom is -0.319 e. The van der Waals surface area contributed by atoms with E-state index in [0.29, 0.717) is 6.29 Å². The fourth-order valence-corrected chi connectivity index (χ4v) is 0.131. The van der Waals surface area contributed by atoms with E-state index in [1.165, 1.54) is 0 Å². The van der Waals surface area contributed by atoms with Gasteiger partial charge >= 0.3 is 0 Å². The van der Waals surface area contributed by atoms with Crippen molar-refractivity contribution >= 4 is 6.29 Å². The Hall–Kier alpha value is -0.370. The highest BCUT2D eigenvalue weighted by Gasteiger charge is 1.72. The van der Waals surface area contributed by atoms with E-state index in [1.807, 2.05) is 0 Å². The minimum absolute atomic E-state index is 0.222. The third-order valence-electron chi connectivity index (χ3n) is 0.387. The standard InChI is InChI=1S/C4H9NO/c1-5-3-2-4-6/h4-5H,2-3H2,1H3/i1D3. The van der Waals surface area contributed by atoms with E-state index in [9.17, 15) is 4.79 Å². The number of hydrogen-bond donors (Lipinski definition) is 1.